The summed E-state index contributed by atoms with van der Waals surface area (Å²) >= 11 is 0. The summed E-state index contributed by atoms with van der Waals surface area (Å²) in [4.78, 5) is 0. The van der Waals surface area contributed by atoms with Crippen molar-refractivity contribution < 1.29 is 0 Å². The van der Waals surface area contributed by atoms with Crippen molar-refractivity contribution in [1.82, 2.24) is 5.32 Å². The Morgan fingerprint density at radius 1 is 1.57 bits per heavy atom. The second kappa shape index (κ2) is 4.13. The van der Waals surface area contributed by atoms with Crippen LogP contribution < -0.4 is 5.32 Å². The van der Waals surface area contributed by atoms with Crippen molar-refractivity contribution in [3.63, 3.8) is 0 Å². The Kier molecular flexibility index (Phi) is 4.10. The van der Waals surface area contributed by atoms with Crippen molar-refractivity contribution in [3.8, 4) is 0 Å². The van der Waals surface area contributed by atoms with Crippen LogP contribution in [0.15, 0.2) is 0 Å². The lowest BCUT2D eigenvalue weighted by molar-refractivity contribution is 0.594. The Balaban J connectivity index is 2.68. The molecule has 0 atom stereocenters. The molecule has 0 spiro atoms. The first-order valence-corrected chi connectivity index (χ1v) is 2.80. The van der Waals surface area contributed by atoms with Gasteiger partial charge in [0.2, 0.25) is 0 Å². The molecule has 0 fully saturated rings. The zero-order valence-corrected chi connectivity index (χ0v) is 5.20. The quantitative estimate of drug-likeness (QED) is 0.562. The van der Waals surface area contributed by atoms with Gasteiger partial charge in [-0.1, -0.05) is 20.8 Å². The molecule has 0 aliphatic carbocycles. The average Bonchev–Trinajstić information content (AvgIpc) is 1.61. The Morgan fingerprint density at radius 3 is 2.29 bits per heavy atom. The van der Waals surface area contributed by atoms with Crippen molar-refractivity contribution >= 4 is 0 Å². The zero-order chi connectivity index (χ0) is 5.70. The van der Waals surface area contributed by atoms with Gasteiger partial charge in [0.25, 0.3) is 0 Å². The van der Waals surface area contributed by atoms with Crippen LogP contribution in [0.2, 0.25) is 0 Å². The van der Waals surface area contributed by atoms with Gasteiger partial charge in [0.05, 0.1) is 0 Å². The maximum absolute atomic E-state index is 3.70. The second-order valence-corrected chi connectivity index (χ2v) is 1.96. The fourth-order valence-electron chi connectivity index (χ4n) is 0.391. The van der Waals surface area contributed by atoms with E-state index in [2.05, 4.69) is 26.1 Å². The van der Waals surface area contributed by atoms with Crippen LogP contribution in [-0.2, 0) is 0 Å². The van der Waals surface area contributed by atoms with Crippen LogP contribution >= 0.6 is 0 Å². The van der Waals surface area contributed by atoms with Crippen molar-refractivity contribution in [2.24, 2.45) is 0 Å². The molecule has 0 aromatic carbocycles. The van der Waals surface area contributed by atoms with E-state index in [9.17, 15) is 0 Å². The summed E-state index contributed by atoms with van der Waals surface area (Å²) in [6.07, 6.45) is 0.984. The molecule has 43 valence electrons. The smallest absolute Gasteiger partial charge is 0.00103 e. The van der Waals surface area contributed by atoms with E-state index in [4.69, 9.17) is 0 Å². The van der Waals surface area contributed by atoms with Crippen LogP contribution in [0.4, 0.5) is 0 Å². The monoisotopic (exact) mass is 100 g/mol. The SMILES string of the molecule is [CH2]CCNC(C)C. The number of hydrogen-bond acceptors (Lipinski definition) is 1. The third kappa shape index (κ3) is 5.96. The molecule has 0 heterocycles. The maximum Gasteiger partial charge on any atom is 0.00103 e. The van der Waals surface area contributed by atoms with E-state index in [1.165, 1.54) is 0 Å². The van der Waals surface area contributed by atoms with E-state index in [1.54, 1.807) is 0 Å². The van der Waals surface area contributed by atoms with Gasteiger partial charge in [0, 0.05) is 6.04 Å². The van der Waals surface area contributed by atoms with Gasteiger partial charge in [-0.2, -0.15) is 0 Å². The van der Waals surface area contributed by atoms with Gasteiger partial charge in [0.1, 0.15) is 0 Å². The van der Waals surface area contributed by atoms with E-state index < -0.39 is 0 Å². The molecule has 1 N–H and O–H groups in total. The summed E-state index contributed by atoms with van der Waals surface area (Å²) in [6.45, 7) is 9.00. The Morgan fingerprint density at radius 2 is 2.14 bits per heavy atom. The second-order valence-electron chi connectivity index (χ2n) is 1.96. The predicted octanol–water partition coefficient (Wildman–Crippen LogP) is 1.21. The number of rotatable bonds is 3. The average molecular weight is 100 g/mol. The molecule has 0 amide bonds. The van der Waals surface area contributed by atoms with Crippen LogP contribution in [0.3, 0.4) is 0 Å². The predicted molar refractivity (Wildman–Crippen MR) is 33.1 cm³/mol. The molecular weight excluding hydrogens is 86.1 g/mol. The molecule has 0 aliphatic heterocycles. The number of nitrogens with one attached hydrogen (secondary N) is 1. The van der Waals surface area contributed by atoms with Crippen LogP contribution in [0.25, 0.3) is 0 Å². The summed E-state index contributed by atoms with van der Waals surface area (Å²) in [7, 11) is 0. The van der Waals surface area contributed by atoms with Crippen molar-refractivity contribution in [2.75, 3.05) is 6.54 Å². The highest BCUT2D eigenvalue weighted by Gasteiger charge is 1.85. The first-order valence-electron chi connectivity index (χ1n) is 2.80. The third-order valence-corrected chi connectivity index (χ3v) is 0.729. The molecule has 1 nitrogen and oxygen atoms in total. The molecular formula is C6H14N. The minimum Gasteiger partial charge on any atom is -0.315 e. The van der Waals surface area contributed by atoms with E-state index in [-0.39, 0.29) is 0 Å². The first kappa shape index (κ1) is 6.96. The van der Waals surface area contributed by atoms with E-state index in [0.29, 0.717) is 6.04 Å². The molecule has 0 unspecified atom stereocenters. The van der Waals surface area contributed by atoms with Crippen molar-refractivity contribution in [1.29, 1.82) is 0 Å². The van der Waals surface area contributed by atoms with Gasteiger partial charge in [-0.3, -0.25) is 0 Å². The van der Waals surface area contributed by atoms with E-state index >= 15 is 0 Å². The summed E-state index contributed by atoms with van der Waals surface area (Å²) in [5.41, 5.74) is 0. The zero-order valence-electron chi connectivity index (χ0n) is 5.20. The third-order valence-electron chi connectivity index (χ3n) is 0.729. The van der Waals surface area contributed by atoms with Gasteiger partial charge in [-0.05, 0) is 13.0 Å². The molecule has 0 aliphatic rings. The lowest BCUT2D eigenvalue weighted by Crippen LogP contribution is -2.22. The topological polar surface area (TPSA) is 12.0 Å². The summed E-state index contributed by atoms with van der Waals surface area (Å²) < 4.78 is 0. The minimum absolute atomic E-state index is 0.613. The normalized spacial score (nSPS) is 10.3. The molecule has 7 heavy (non-hydrogen) atoms. The highest BCUT2D eigenvalue weighted by atomic mass is 14.9. The minimum atomic E-state index is 0.613. The highest BCUT2D eigenvalue weighted by Crippen LogP contribution is 1.75. The van der Waals surface area contributed by atoms with E-state index in [0.717, 1.165) is 13.0 Å². The Bertz CT molecular complexity index is 33.2. The molecule has 0 bridgehead atoms. The summed E-state index contributed by atoms with van der Waals surface area (Å²) in [5, 5.41) is 3.23. The molecule has 0 saturated heterocycles. The summed E-state index contributed by atoms with van der Waals surface area (Å²) in [6, 6.07) is 0.613. The van der Waals surface area contributed by atoms with Gasteiger partial charge in [0.15, 0.2) is 0 Å². The Hall–Kier alpha value is -0.0400. The first-order chi connectivity index (χ1) is 3.27. The van der Waals surface area contributed by atoms with Crippen molar-refractivity contribution in [3.05, 3.63) is 6.92 Å². The fraction of sp³-hybridized carbons (Fsp3) is 0.833. The molecule has 0 aromatic heterocycles. The number of hydrogen-bond donors (Lipinski definition) is 1. The molecule has 0 rings (SSSR count). The lowest BCUT2D eigenvalue weighted by atomic mass is 10.4. The Labute approximate surface area is 46.1 Å². The standard InChI is InChI=1S/C6H14N/c1-4-5-7-6(2)3/h6-7H,1,4-5H2,2-3H3. The highest BCUT2D eigenvalue weighted by molar-refractivity contribution is 4.52. The fourth-order valence-corrected chi connectivity index (χ4v) is 0.391. The van der Waals surface area contributed by atoms with Crippen LogP contribution in [-0.4, -0.2) is 12.6 Å². The van der Waals surface area contributed by atoms with Crippen LogP contribution in [0.5, 0.6) is 0 Å². The van der Waals surface area contributed by atoms with E-state index in [1.807, 2.05) is 0 Å². The van der Waals surface area contributed by atoms with Gasteiger partial charge >= 0.3 is 0 Å². The lowest BCUT2D eigenvalue weighted by Gasteiger charge is -2.03. The molecule has 0 saturated carbocycles. The molecule has 1 heteroatoms. The van der Waals surface area contributed by atoms with Gasteiger partial charge < -0.3 is 5.32 Å². The van der Waals surface area contributed by atoms with Gasteiger partial charge in [-0.15, -0.1) is 0 Å². The molecule has 1 radical (unpaired) electrons. The van der Waals surface area contributed by atoms with Gasteiger partial charge in [-0.25, -0.2) is 0 Å². The van der Waals surface area contributed by atoms with Crippen LogP contribution in [0.1, 0.15) is 20.3 Å². The van der Waals surface area contributed by atoms with Crippen LogP contribution in [0, 0.1) is 6.92 Å². The van der Waals surface area contributed by atoms with Crippen molar-refractivity contribution in [2.45, 2.75) is 26.3 Å². The largest absolute Gasteiger partial charge is 0.315 e. The summed E-state index contributed by atoms with van der Waals surface area (Å²) in [5.74, 6) is 0. The molecule has 0 aromatic rings. The maximum atomic E-state index is 3.70.